The fourth-order valence-corrected chi connectivity index (χ4v) is 11.1. The lowest BCUT2D eigenvalue weighted by molar-refractivity contribution is -0.144. The number of likely N-dealkylation sites (tertiary alicyclic amines) is 1. The van der Waals surface area contributed by atoms with Crippen molar-refractivity contribution >= 4 is 70.2 Å². The summed E-state index contributed by atoms with van der Waals surface area (Å²) in [4.78, 5) is 117. The number of benzene rings is 3. The SMILES string of the molecule is Cc1ncsc1-c1ccc([C@H](C)NC(=O)C2C[C@@H](O)CN2C(=O)[C@@H](NC(=O)CCCCCc2cccc(NC(=O)[C@H](CCC(N)=O)NC(=O)[C@@H]3Cc4cccc5c4N3C(=O)[C@@H](NC(=O)OC(C)(C)C)CC5)c2)C(C)(C)C)cc1. The maximum absolute atomic E-state index is 14.2. The highest BCUT2D eigenvalue weighted by molar-refractivity contribution is 7.13. The van der Waals surface area contributed by atoms with E-state index in [1.54, 1.807) is 49.8 Å². The van der Waals surface area contributed by atoms with Crippen molar-refractivity contribution in [3.05, 3.63) is 100 Å². The summed E-state index contributed by atoms with van der Waals surface area (Å²) in [6, 6.07) is 15.2. The highest BCUT2D eigenvalue weighted by Gasteiger charge is 2.46. The Morgan fingerprint density at radius 3 is 2.26 bits per heavy atom. The average molecular weight is 1090 g/mol. The van der Waals surface area contributed by atoms with Gasteiger partial charge in [0.25, 0.3) is 0 Å². The van der Waals surface area contributed by atoms with Gasteiger partial charge in [-0.2, -0.15) is 0 Å². The zero-order valence-electron chi connectivity index (χ0n) is 45.9. The third kappa shape index (κ3) is 14.9. The molecule has 0 bridgehead atoms. The zero-order chi connectivity index (χ0) is 56.6. The van der Waals surface area contributed by atoms with Gasteiger partial charge in [0.15, 0.2) is 0 Å². The number of anilines is 2. The number of ether oxygens (including phenoxy) is 1. The largest absolute Gasteiger partial charge is 0.444 e. The minimum atomic E-state index is -1.19. The van der Waals surface area contributed by atoms with Crippen LogP contribution < -0.4 is 37.2 Å². The van der Waals surface area contributed by atoms with Gasteiger partial charge in [-0.15, -0.1) is 11.3 Å². The van der Waals surface area contributed by atoms with Crippen LogP contribution in [0, 0.1) is 12.3 Å². The minimum Gasteiger partial charge on any atom is -0.444 e. The molecule has 8 amide bonds. The number of carbonyl (C=O) groups excluding carboxylic acids is 8. The normalized spacial score (nSPS) is 19.2. The smallest absolute Gasteiger partial charge is 0.408 e. The molecule has 4 aromatic rings. The van der Waals surface area contributed by atoms with E-state index in [0.717, 1.165) is 38.4 Å². The van der Waals surface area contributed by atoms with Crippen molar-refractivity contribution < 1.29 is 48.2 Å². The van der Waals surface area contributed by atoms with Crippen molar-refractivity contribution in [1.82, 2.24) is 31.2 Å². The summed E-state index contributed by atoms with van der Waals surface area (Å²) in [5, 5.41) is 25.0. The second-order valence-corrected chi connectivity index (χ2v) is 23.6. The number of para-hydroxylation sites is 1. The highest BCUT2D eigenvalue weighted by atomic mass is 32.1. The Kier molecular flexibility index (Phi) is 18.8. The molecule has 3 aromatic carbocycles. The number of aliphatic hydroxyl groups is 1. The van der Waals surface area contributed by atoms with Gasteiger partial charge < -0.3 is 47.1 Å². The first-order valence-corrected chi connectivity index (χ1v) is 27.7. The van der Waals surface area contributed by atoms with E-state index in [1.807, 2.05) is 89.2 Å². The monoisotopic (exact) mass is 1090 g/mol. The first kappa shape index (κ1) is 58.5. The topological polar surface area (TPSA) is 272 Å². The van der Waals surface area contributed by atoms with Gasteiger partial charge in [-0.05, 0) is 119 Å². The number of alkyl carbamates (subject to hydrolysis) is 1. The van der Waals surface area contributed by atoms with E-state index in [1.165, 1.54) is 9.80 Å². The lowest BCUT2D eigenvalue weighted by atomic mass is 9.85. The lowest BCUT2D eigenvalue weighted by Gasteiger charge is -2.35. The molecule has 20 heteroatoms. The quantitative estimate of drug-likeness (QED) is 0.0499. The van der Waals surface area contributed by atoms with Crippen molar-refractivity contribution in [2.75, 3.05) is 16.8 Å². The highest BCUT2D eigenvalue weighted by Crippen LogP contribution is 2.39. The van der Waals surface area contributed by atoms with Gasteiger partial charge in [0, 0.05) is 37.9 Å². The molecule has 19 nitrogen and oxygen atoms in total. The number of aliphatic hydroxyl groups excluding tert-OH is 1. The summed E-state index contributed by atoms with van der Waals surface area (Å²) in [5.74, 6) is -3.46. The Labute approximate surface area is 460 Å². The van der Waals surface area contributed by atoms with Gasteiger partial charge >= 0.3 is 6.09 Å². The molecule has 1 aromatic heterocycles. The molecular weight excluding hydrogens is 1010 g/mol. The van der Waals surface area contributed by atoms with Gasteiger partial charge in [0.1, 0.15) is 35.8 Å². The molecule has 78 heavy (non-hydrogen) atoms. The summed E-state index contributed by atoms with van der Waals surface area (Å²) in [6.07, 6.45) is 1.72. The van der Waals surface area contributed by atoms with E-state index in [9.17, 15) is 43.5 Å². The molecule has 4 heterocycles. The van der Waals surface area contributed by atoms with Gasteiger partial charge in [0.2, 0.25) is 41.4 Å². The Hall–Kier alpha value is -7.19. The second-order valence-electron chi connectivity index (χ2n) is 22.8. The molecule has 7 atom stereocenters. The Morgan fingerprint density at radius 1 is 0.872 bits per heavy atom. The standard InChI is InChI=1S/C58H75N9O10S/c1-33(36-20-22-38(23-21-36)49-34(2)60-32-78-49)61-52(72)44-30-41(68)31-66(44)55(75)50(57(3,4)5)65-47(70)19-11-9-10-14-35-15-12-18-40(28-35)62-51(71)42(26-27-46(59)69)63-53(73)45-29-39-17-13-16-37-24-25-43(54(74)67(45)48(37)39)64-56(76)77-58(6,7)8/h12-13,15-18,20-23,28,32-33,41-45,50,68H,9-11,14,19,24-27,29-31H2,1-8H3,(H2,59,69)(H,61,72)(H,62,71)(H,63,73)(H,64,76)(H,65,70)/t33-,41+,42-,43-,44?,45-,50+/m0/s1. The van der Waals surface area contributed by atoms with Crippen molar-refractivity contribution in [3.8, 4) is 10.4 Å². The molecule has 7 rings (SSSR count). The minimum absolute atomic E-state index is 0.0355. The Morgan fingerprint density at radius 2 is 1.58 bits per heavy atom. The van der Waals surface area contributed by atoms with Crippen molar-refractivity contribution in [2.24, 2.45) is 11.1 Å². The van der Waals surface area contributed by atoms with Crippen molar-refractivity contribution in [1.29, 1.82) is 0 Å². The van der Waals surface area contributed by atoms with Gasteiger partial charge in [-0.25, -0.2) is 9.78 Å². The number of carbonyl (C=O) groups is 8. The predicted molar refractivity (Wildman–Crippen MR) is 297 cm³/mol. The van der Waals surface area contributed by atoms with E-state index < -0.39 is 83.0 Å². The van der Waals surface area contributed by atoms with Crippen LogP contribution in [0.2, 0.25) is 0 Å². The summed E-state index contributed by atoms with van der Waals surface area (Å²) in [7, 11) is 0. The fraction of sp³-hybridized carbons (Fsp3) is 0.500. The van der Waals surface area contributed by atoms with Crippen LogP contribution in [0.25, 0.3) is 10.4 Å². The second kappa shape index (κ2) is 25.1. The van der Waals surface area contributed by atoms with E-state index in [4.69, 9.17) is 10.5 Å². The van der Waals surface area contributed by atoms with Crippen LogP contribution in [-0.4, -0.2) is 111 Å². The number of aryl methyl sites for hydroxylation is 3. The summed E-state index contributed by atoms with van der Waals surface area (Å²) >= 11 is 1.56. The number of nitrogens with one attached hydrogen (secondary N) is 5. The van der Waals surface area contributed by atoms with Crippen LogP contribution >= 0.6 is 11.3 Å². The predicted octanol–water partition coefficient (Wildman–Crippen LogP) is 6.08. The molecule has 1 fully saturated rings. The number of hydrogen-bond acceptors (Lipinski definition) is 12. The maximum Gasteiger partial charge on any atom is 0.408 e. The summed E-state index contributed by atoms with van der Waals surface area (Å²) in [5.41, 5.74) is 12.3. The number of aromatic nitrogens is 1. The van der Waals surface area contributed by atoms with Crippen LogP contribution in [0.3, 0.4) is 0 Å². The molecule has 0 saturated carbocycles. The lowest BCUT2D eigenvalue weighted by Crippen LogP contribution is -2.57. The van der Waals surface area contributed by atoms with Gasteiger partial charge in [0.05, 0.1) is 33.9 Å². The average Bonchev–Trinajstić information content (AvgIpc) is 4.19. The van der Waals surface area contributed by atoms with Gasteiger partial charge in [-0.3, -0.25) is 38.5 Å². The molecule has 418 valence electrons. The molecule has 8 N–H and O–H groups in total. The van der Waals surface area contributed by atoms with E-state index in [2.05, 4.69) is 31.6 Å². The van der Waals surface area contributed by atoms with E-state index >= 15 is 0 Å². The first-order valence-electron chi connectivity index (χ1n) is 26.9. The molecule has 3 aliphatic heterocycles. The van der Waals surface area contributed by atoms with Crippen molar-refractivity contribution in [2.45, 2.75) is 174 Å². The summed E-state index contributed by atoms with van der Waals surface area (Å²) in [6.45, 7) is 14.5. The molecular formula is C58H75N9O10S. The Bertz CT molecular complexity index is 2880. The van der Waals surface area contributed by atoms with Crippen LogP contribution in [-0.2, 0) is 57.6 Å². The number of amides is 8. The molecule has 0 radical (unpaired) electrons. The fourth-order valence-electron chi connectivity index (χ4n) is 10.3. The number of hydrogen-bond donors (Lipinski definition) is 7. The first-order chi connectivity index (χ1) is 36.9. The molecule has 0 spiro atoms. The van der Waals surface area contributed by atoms with E-state index in [0.29, 0.717) is 43.5 Å². The molecule has 1 unspecified atom stereocenters. The number of nitrogens with two attached hydrogens (primary N) is 1. The number of nitrogens with zero attached hydrogens (tertiary/aromatic N) is 3. The number of thiazole rings is 1. The van der Waals surface area contributed by atoms with Crippen LogP contribution in [0.1, 0.15) is 134 Å². The third-order valence-electron chi connectivity index (χ3n) is 14.3. The molecule has 0 aliphatic carbocycles. The van der Waals surface area contributed by atoms with Crippen LogP contribution in [0.4, 0.5) is 16.2 Å². The number of primary amides is 1. The molecule has 1 saturated heterocycles. The molecule has 3 aliphatic rings. The third-order valence-corrected chi connectivity index (χ3v) is 15.3. The zero-order valence-corrected chi connectivity index (χ0v) is 46.7. The van der Waals surface area contributed by atoms with E-state index in [-0.39, 0.29) is 62.9 Å². The van der Waals surface area contributed by atoms with Crippen LogP contribution in [0.15, 0.2) is 72.2 Å². The van der Waals surface area contributed by atoms with Crippen molar-refractivity contribution in [3.63, 3.8) is 0 Å². The van der Waals surface area contributed by atoms with Crippen LogP contribution in [0.5, 0.6) is 0 Å². The number of β-amino-alcohol motifs (C(OH)–C–C–N with tert-alkyl or cyclic N) is 1. The number of unbranched alkanes of at least 4 members (excludes halogenated alkanes) is 2. The Balaban J connectivity index is 0.901. The number of rotatable bonds is 20. The van der Waals surface area contributed by atoms with Gasteiger partial charge in [-0.1, -0.05) is 81.8 Å². The summed E-state index contributed by atoms with van der Waals surface area (Å²) < 4.78 is 5.43. The maximum atomic E-state index is 14.2.